The lowest BCUT2D eigenvalue weighted by Gasteiger charge is -2.21. The molecule has 7 heteroatoms. The summed E-state index contributed by atoms with van der Waals surface area (Å²) in [6.07, 6.45) is -0.555. The Bertz CT molecular complexity index is 636. The quantitative estimate of drug-likeness (QED) is 0.829. The number of nitrogens with one attached hydrogen (secondary N) is 2. The lowest BCUT2D eigenvalue weighted by molar-refractivity contribution is 0.0636. The third-order valence-electron chi connectivity index (χ3n) is 2.91. The van der Waals surface area contributed by atoms with E-state index in [1.54, 1.807) is 52.8 Å². The van der Waals surface area contributed by atoms with Crippen LogP contribution in [0.3, 0.4) is 0 Å². The highest BCUT2D eigenvalue weighted by molar-refractivity contribution is 7.91. The molecule has 1 rings (SSSR count). The maximum absolute atomic E-state index is 11.9. The molecule has 23 heavy (non-hydrogen) atoms. The summed E-state index contributed by atoms with van der Waals surface area (Å²) in [6.45, 7) is 8.77. The Hall–Kier alpha value is -1.76. The monoisotopic (exact) mass is 342 g/mol. The summed E-state index contributed by atoms with van der Waals surface area (Å²) >= 11 is 0. The molecule has 1 unspecified atom stereocenters. The highest BCUT2D eigenvalue weighted by Gasteiger charge is 2.18. The van der Waals surface area contributed by atoms with E-state index in [0.29, 0.717) is 11.4 Å². The zero-order valence-electron chi connectivity index (χ0n) is 14.3. The van der Waals surface area contributed by atoms with Gasteiger partial charge in [-0.3, -0.25) is 5.32 Å². The molecule has 0 saturated heterocycles. The first-order chi connectivity index (χ1) is 10.5. The van der Waals surface area contributed by atoms with Gasteiger partial charge in [0.1, 0.15) is 5.60 Å². The number of anilines is 2. The van der Waals surface area contributed by atoms with Gasteiger partial charge in [-0.15, -0.1) is 0 Å². The summed E-state index contributed by atoms with van der Waals surface area (Å²) in [7, 11) is -3.07. The molecular formula is C16H26N2O4S. The van der Waals surface area contributed by atoms with Crippen molar-refractivity contribution in [2.45, 2.75) is 46.3 Å². The Morgan fingerprint density at radius 2 is 1.78 bits per heavy atom. The predicted molar refractivity (Wildman–Crippen MR) is 93.7 cm³/mol. The van der Waals surface area contributed by atoms with E-state index in [9.17, 15) is 13.2 Å². The second kappa shape index (κ2) is 7.68. The van der Waals surface area contributed by atoms with Crippen LogP contribution in [0.1, 0.15) is 34.6 Å². The zero-order valence-corrected chi connectivity index (χ0v) is 15.2. The van der Waals surface area contributed by atoms with Crippen LogP contribution in [0, 0.1) is 0 Å². The number of rotatable bonds is 6. The van der Waals surface area contributed by atoms with Crippen LogP contribution in [-0.4, -0.2) is 37.7 Å². The van der Waals surface area contributed by atoms with E-state index in [-0.39, 0.29) is 17.5 Å². The van der Waals surface area contributed by atoms with Crippen molar-refractivity contribution >= 4 is 27.3 Å². The largest absolute Gasteiger partial charge is 0.444 e. The van der Waals surface area contributed by atoms with Crippen LogP contribution < -0.4 is 10.6 Å². The minimum atomic E-state index is -3.07. The third-order valence-corrected chi connectivity index (χ3v) is 4.80. The summed E-state index contributed by atoms with van der Waals surface area (Å²) in [6, 6.07) is 6.82. The van der Waals surface area contributed by atoms with Gasteiger partial charge in [-0.2, -0.15) is 0 Å². The Balaban J connectivity index is 2.80. The number of hydrogen-bond acceptors (Lipinski definition) is 5. The fourth-order valence-electron chi connectivity index (χ4n) is 1.94. The normalized spacial score (nSPS) is 13.3. The molecule has 0 saturated carbocycles. The molecular weight excluding hydrogens is 316 g/mol. The van der Waals surface area contributed by atoms with Crippen molar-refractivity contribution < 1.29 is 17.9 Å². The van der Waals surface area contributed by atoms with Crippen molar-refractivity contribution in [1.82, 2.24) is 0 Å². The Kier molecular flexibility index (Phi) is 6.44. The van der Waals surface area contributed by atoms with Crippen LogP contribution >= 0.6 is 0 Å². The molecule has 0 aromatic heterocycles. The summed E-state index contributed by atoms with van der Waals surface area (Å²) < 4.78 is 28.6. The second-order valence-corrected chi connectivity index (χ2v) is 8.81. The van der Waals surface area contributed by atoms with Gasteiger partial charge in [-0.25, -0.2) is 13.2 Å². The van der Waals surface area contributed by atoms with Gasteiger partial charge in [0, 0.05) is 11.8 Å². The third kappa shape index (κ3) is 7.36. The molecule has 2 N–H and O–H groups in total. The standard InChI is InChI=1S/C16H26N2O4S/c1-6-23(20,21)11-12(2)17-13-9-7-8-10-14(13)18-15(19)22-16(3,4)5/h7-10,12,17H,6,11H2,1-5H3,(H,18,19). The number of benzene rings is 1. The SMILES string of the molecule is CCS(=O)(=O)CC(C)Nc1ccccc1NC(=O)OC(C)(C)C. The molecule has 6 nitrogen and oxygen atoms in total. The van der Waals surface area contributed by atoms with E-state index in [1.807, 2.05) is 6.07 Å². The predicted octanol–water partition coefficient (Wildman–Crippen LogP) is 3.27. The fourth-order valence-corrected chi connectivity index (χ4v) is 3.02. The number of ether oxygens (including phenoxy) is 1. The lowest BCUT2D eigenvalue weighted by atomic mass is 10.2. The van der Waals surface area contributed by atoms with Gasteiger partial charge in [0.15, 0.2) is 9.84 Å². The van der Waals surface area contributed by atoms with E-state index in [1.165, 1.54) is 0 Å². The molecule has 0 bridgehead atoms. The molecule has 0 fully saturated rings. The Labute approximate surface area is 138 Å². The van der Waals surface area contributed by atoms with Crippen LogP contribution in [0.5, 0.6) is 0 Å². The van der Waals surface area contributed by atoms with Gasteiger partial charge < -0.3 is 10.1 Å². The highest BCUT2D eigenvalue weighted by atomic mass is 32.2. The number of sulfone groups is 1. The molecule has 1 atom stereocenters. The molecule has 0 aliphatic carbocycles. The van der Waals surface area contributed by atoms with Crippen molar-refractivity contribution in [3.63, 3.8) is 0 Å². The highest BCUT2D eigenvalue weighted by Crippen LogP contribution is 2.23. The number of amides is 1. The first kappa shape index (κ1) is 19.3. The average molecular weight is 342 g/mol. The van der Waals surface area contributed by atoms with Gasteiger partial charge in [-0.05, 0) is 39.8 Å². The maximum atomic E-state index is 11.9. The van der Waals surface area contributed by atoms with Crippen molar-refractivity contribution in [3.8, 4) is 0 Å². The minimum absolute atomic E-state index is 0.0320. The zero-order chi connectivity index (χ0) is 17.7. The van der Waals surface area contributed by atoms with Crippen molar-refractivity contribution in [2.24, 2.45) is 0 Å². The Morgan fingerprint density at radius 3 is 2.30 bits per heavy atom. The summed E-state index contributed by atoms with van der Waals surface area (Å²) in [5, 5.41) is 5.80. The van der Waals surface area contributed by atoms with Crippen LogP contribution in [0.2, 0.25) is 0 Å². The molecule has 0 spiro atoms. The first-order valence-electron chi connectivity index (χ1n) is 7.58. The van der Waals surface area contributed by atoms with Crippen LogP contribution in [0.15, 0.2) is 24.3 Å². The van der Waals surface area contributed by atoms with Crippen LogP contribution in [0.25, 0.3) is 0 Å². The van der Waals surface area contributed by atoms with E-state index in [4.69, 9.17) is 4.74 Å². The van der Waals surface area contributed by atoms with Crippen molar-refractivity contribution in [2.75, 3.05) is 22.1 Å². The molecule has 1 amide bonds. The van der Waals surface area contributed by atoms with Gasteiger partial charge in [-0.1, -0.05) is 19.1 Å². The van der Waals surface area contributed by atoms with Gasteiger partial charge in [0.05, 0.1) is 17.1 Å². The van der Waals surface area contributed by atoms with Crippen molar-refractivity contribution in [1.29, 1.82) is 0 Å². The van der Waals surface area contributed by atoms with Crippen LogP contribution in [-0.2, 0) is 14.6 Å². The topological polar surface area (TPSA) is 84.5 Å². The number of carbonyl (C=O) groups excluding carboxylic acids is 1. The second-order valence-electron chi connectivity index (χ2n) is 6.42. The number of carbonyl (C=O) groups is 1. The molecule has 1 aromatic carbocycles. The fraction of sp³-hybridized carbons (Fsp3) is 0.562. The number of para-hydroxylation sites is 2. The van der Waals surface area contributed by atoms with Crippen LogP contribution in [0.4, 0.5) is 16.2 Å². The summed E-state index contributed by atoms with van der Waals surface area (Å²) in [5.41, 5.74) is 0.606. The van der Waals surface area contributed by atoms with Gasteiger partial charge in [0.25, 0.3) is 0 Å². The average Bonchev–Trinajstić information content (AvgIpc) is 2.38. The number of hydrogen-bond donors (Lipinski definition) is 2. The molecule has 0 aliphatic rings. The molecule has 0 aliphatic heterocycles. The summed E-state index contributed by atoms with van der Waals surface area (Å²) in [4.78, 5) is 11.9. The summed E-state index contributed by atoms with van der Waals surface area (Å²) in [5.74, 6) is 0.140. The van der Waals surface area contributed by atoms with E-state index in [0.717, 1.165) is 0 Å². The molecule has 130 valence electrons. The van der Waals surface area contributed by atoms with E-state index >= 15 is 0 Å². The van der Waals surface area contributed by atoms with E-state index in [2.05, 4.69) is 10.6 Å². The maximum Gasteiger partial charge on any atom is 0.412 e. The van der Waals surface area contributed by atoms with E-state index < -0.39 is 21.5 Å². The molecule has 1 aromatic rings. The molecule has 0 radical (unpaired) electrons. The van der Waals surface area contributed by atoms with Gasteiger partial charge >= 0.3 is 6.09 Å². The van der Waals surface area contributed by atoms with Crippen molar-refractivity contribution in [3.05, 3.63) is 24.3 Å². The minimum Gasteiger partial charge on any atom is -0.444 e. The first-order valence-corrected chi connectivity index (χ1v) is 9.40. The molecule has 0 heterocycles. The lowest BCUT2D eigenvalue weighted by Crippen LogP contribution is -2.29. The Morgan fingerprint density at radius 1 is 1.22 bits per heavy atom. The smallest absolute Gasteiger partial charge is 0.412 e. The van der Waals surface area contributed by atoms with Gasteiger partial charge in [0.2, 0.25) is 0 Å².